The number of aromatic nitrogens is 3. The van der Waals surface area contributed by atoms with Crippen molar-refractivity contribution in [2.45, 2.75) is 17.1 Å². The van der Waals surface area contributed by atoms with Gasteiger partial charge in [-0.2, -0.15) is 0 Å². The Morgan fingerprint density at radius 2 is 2.04 bits per heavy atom. The number of nitrogens with two attached hydrogens (primary N) is 1. The van der Waals surface area contributed by atoms with E-state index in [4.69, 9.17) is 5.73 Å². The van der Waals surface area contributed by atoms with Crippen LogP contribution in [0, 0.1) is 0 Å². The van der Waals surface area contributed by atoms with Crippen molar-refractivity contribution < 1.29 is 8.42 Å². The van der Waals surface area contributed by atoms with Gasteiger partial charge < -0.3 is 5.73 Å². The van der Waals surface area contributed by atoms with Gasteiger partial charge in [-0.15, -0.1) is 0 Å². The van der Waals surface area contributed by atoms with Crippen LogP contribution in [-0.2, 0) is 9.84 Å². The Balaban J connectivity index is 1.90. The molecule has 2 aromatic heterocycles. The Morgan fingerprint density at radius 3 is 2.83 bits per heavy atom. The Kier molecular flexibility index (Phi) is 3.14. The van der Waals surface area contributed by atoms with E-state index in [1.54, 1.807) is 18.5 Å². The monoisotopic (exact) mass is 342 g/mol. The first-order chi connectivity index (χ1) is 11.5. The van der Waals surface area contributed by atoms with Crippen LogP contribution in [0.1, 0.15) is 17.2 Å². The molecule has 0 saturated carbocycles. The molecule has 4 heterocycles. The summed E-state index contributed by atoms with van der Waals surface area (Å²) < 4.78 is 23.6. The lowest BCUT2D eigenvalue weighted by Gasteiger charge is -2.28. The highest BCUT2D eigenvalue weighted by Gasteiger charge is 2.42. The third-order valence-corrected chi connectivity index (χ3v) is 4.92. The Bertz CT molecular complexity index is 985. The van der Waals surface area contributed by atoms with E-state index in [2.05, 4.69) is 19.9 Å². The largest absolute Gasteiger partial charge is 0.369 e. The number of guanidine groups is 1. The molecule has 0 radical (unpaired) electrons. The van der Waals surface area contributed by atoms with Gasteiger partial charge in [0.05, 0.1) is 17.7 Å². The highest BCUT2D eigenvalue weighted by Crippen LogP contribution is 2.44. The summed E-state index contributed by atoms with van der Waals surface area (Å²) >= 11 is 0. The molecule has 0 aliphatic carbocycles. The molecule has 122 valence electrons. The van der Waals surface area contributed by atoms with E-state index >= 15 is 0 Å². The molecule has 0 bridgehead atoms. The predicted molar refractivity (Wildman–Crippen MR) is 88.3 cm³/mol. The zero-order valence-electron chi connectivity index (χ0n) is 12.7. The average molecular weight is 342 g/mol. The number of nitrogens with zero attached hydrogens (tertiary/aromatic N) is 5. The third kappa shape index (κ3) is 2.16. The molecule has 2 N–H and O–H groups in total. The van der Waals surface area contributed by atoms with Crippen molar-refractivity contribution in [1.82, 2.24) is 15.0 Å². The number of aliphatic imine (C=N–C) groups is 1. The van der Waals surface area contributed by atoms with Gasteiger partial charge in [0.2, 0.25) is 21.0 Å². The van der Waals surface area contributed by atoms with Gasteiger partial charge in [0.15, 0.2) is 0 Å². The van der Waals surface area contributed by atoms with Crippen molar-refractivity contribution in [3.8, 4) is 0 Å². The lowest BCUT2D eigenvalue weighted by Crippen LogP contribution is -2.44. The van der Waals surface area contributed by atoms with Crippen LogP contribution in [0.4, 0.5) is 5.82 Å². The molecule has 4 rings (SSSR count). The first-order valence-electron chi connectivity index (χ1n) is 7.24. The maximum atomic E-state index is 11.8. The quantitative estimate of drug-likeness (QED) is 0.787. The summed E-state index contributed by atoms with van der Waals surface area (Å²) in [7, 11) is -3.49. The minimum absolute atomic E-state index is 0.158. The maximum absolute atomic E-state index is 11.8. The van der Waals surface area contributed by atoms with E-state index in [-0.39, 0.29) is 17.1 Å². The fraction of sp³-hybridized carbons (Fsp3) is 0.200. The average Bonchev–Trinajstić information content (AvgIpc) is 2.90. The highest BCUT2D eigenvalue weighted by atomic mass is 32.2. The summed E-state index contributed by atoms with van der Waals surface area (Å²) in [6.45, 7) is 0. The van der Waals surface area contributed by atoms with Crippen LogP contribution in [0.15, 0.2) is 53.0 Å². The molecule has 2 aliphatic heterocycles. The molecular formula is C15H14N6O2S. The SMILES string of the molecule is CS(=O)(=O)c1nccc(C2c3cccnc3N3C(N)=NC=CC23)n1. The zero-order valence-corrected chi connectivity index (χ0v) is 13.6. The summed E-state index contributed by atoms with van der Waals surface area (Å²) in [5.74, 6) is 0.850. The lowest BCUT2D eigenvalue weighted by molar-refractivity contribution is 0.589. The van der Waals surface area contributed by atoms with Gasteiger partial charge in [-0.05, 0) is 18.2 Å². The van der Waals surface area contributed by atoms with Crippen LogP contribution >= 0.6 is 0 Å². The number of hydrogen-bond donors (Lipinski definition) is 1. The van der Waals surface area contributed by atoms with Crippen molar-refractivity contribution in [2.24, 2.45) is 10.7 Å². The van der Waals surface area contributed by atoms with Crippen LogP contribution in [0.2, 0.25) is 0 Å². The summed E-state index contributed by atoms with van der Waals surface area (Å²) in [6.07, 6.45) is 7.79. The number of rotatable bonds is 2. The van der Waals surface area contributed by atoms with Crippen LogP contribution in [-0.4, -0.2) is 41.6 Å². The van der Waals surface area contributed by atoms with E-state index in [0.29, 0.717) is 17.5 Å². The number of anilines is 1. The minimum atomic E-state index is -3.49. The second-order valence-corrected chi connectivity index (χ2v) is 7.53. The van der Waals surface area contributed by atoms with Crippen LogP contribution in [0.3, 0.4) is 0 Å². The van der Waals surface area contributed by atoms with Crippen molar-refractivity contribution in [2.75, 3.05) is 11.2 Å². The Morgan fingerprint density at radius 1 is 1.21 bits per heavy atom. The van der Waals surface area contributed by atoms with Gasteiger partial charge >= 0.3 is 0 Å². The molecule has 0 amide bonds. The smallest absolute Gasteiger partial charge is 0.246 e. The number of sulfone groups is 1. The van der Waals surface area contributed by atoms with Gasteiger partial charge in [0.1, 0.15) is 5.82 Å². The molecule has 0 aromatic carbocycles. The van der Waals surface area contributed by atoms with E-state index in [1.165, 1.54) is 6.20 Å². The van der Waals surface area contributed by atoms with Crippen molar-refractivity contribution >= 4 is 21.6 Å². The molecule has 2 aliphatic rings. The molecule has 0 saturated heterocycles. The summed E-state index contributed by atoms with van der Waals surface area (Å²) in [4.78, 5) is 18.5. The van der Waals surface area contributed by atoms with E-state index in [9.17, 15) is 8.42 Å². The van der Waals surface area contributed by atoms with Crippen LogP contribution in [0.5, 0.6) is 0 Å². The summed E-state index contributed by atoms with van der Waals surface area (Å²) in [5, 5.41) is -0.190. The van der Waals surface area contributed by atoms with E-state index in [0.717, 1.165) is 11.8 Å². The normalized spacial score (nSPS) is 22.0. The van der Waals surface area contributed by atoms with E-state index < -0.39 is 9.84 Å². The topological polar surface area (TPSA) is 114 Å². The molecule has 24 heavy (non-hydrogen) atoms. The predicted octanol–water partition coefficient (Wildman–Crippen LogP) is 0.438. The molecule has 2 unspecified atom stereocenters. The molecule has 2 atom stereocenters. The maximum Gasteiger partial charge on any atom is 0.246 e. The third-order valence-electron chi connectivity index (χ3n) is 4.06. The highest BCUT2D eigenvalue weighted by molar-refractivity contribution is 7.90. The number of fused-ring (bicyclic) bond motifs is 3. The molecule has 0 fully saturated rings. The first-order valence-corrected chi connectivity index (χ1v) is 9.13. The van der Waals surface area contributed by atoms with Gasteiger partial charge in [-0.25, -0.2) is 28.4 Å². The standard InChI is InChI=1S/C15H14N6O2S/c1-24(22,23)15-19-7-4-10(20-15)12-9-3-2-6-17-13(9)21-11(12)5-8-18-14(21)16/h2-8,11-12H,1H3,(H2,16,18). The van der Waals surface area contributed by atoms with Crippen molar-refractivity contribution in [3.05, 3.63) is 54.1 Å². The molecule has 8 nitrogen and oxygen atoms in total. The molecule has 0 spiro atoms. The molecule has 9 heteroatoms. The first kappa shape index (κ1) is 14.8. The van der Waals surface area contributed by atoms with Gasteiger partial charge in [0, 0.05) is 30.4 Å². The van der Waals surface area contributed by atoms with Gasteiger partial charge in [0.25, 0.3) is 0 Å². The number of pyridine rings is 1. The Labute approximate surface area is 138 Å². The van der Waals surface area contributed by atoms with Gasteiger partial charge in [-0.3, -0.25) is 4.90 Å². The van der Waals surface area contributed by atoms with Crippen molar-refractivity contribution in [1.29, 1.82) is 0 Å². The lowest BCUT2D eigenvalue weighted by atomic mass is 9.92. The molecule has 2 aromatic rings. The van der Waals surface area contributed by atoms with E-state index in [1.807, 2.05) is 23.1 Å². The second-order valence-electron chi connectivity index (χ2n) is 5.62. The minimum Gasteiger partial charge on any atom is -0.369 e. The summed E-state index contributed by atoms with van der Waals surface area (Å²) in [6, 6.07) is 5.33. The van der Waals surface area contributed by atoms with Gasteiger partial charge in [-0.1, -0.05) is 6.07 Å². The fourth-order valence-corrected chi connectivity index (χ4v) is 3.62. The summed E-state index contributed by atoms with van der Waals surface area (Å²) in [5.41, 5.74) is 7.56. The number of hydrogen-bond acceptors (Lipinski definition) is 8. The van der Waals surface area contributed by atoms with Crippen molar-refractivity contribution in [3.63, 3.8) is 0 Å². The molecular weight excluding hydrogens is 328 g/mol. The Hall–Kier alpha value is -2.81. The zero-order chi connectivity index (χ0) is 16.9. The van der Waals surface area contributed by atoms with Crippen LogP contribution in [0.25, 0.3) is 0 Å². The van der Waals surface area contributed by atoms with Crippen LogP contribution < -0.4 is 10.6 Å². The fourth-order valence-electron chi connectivity index (χ4n) is 3.10. The second kappa shape index (κ2) is 5.10.